The molecule has 1 heterocycles. The van der Waals surface area contributed by atoms with Gasteiger partial charge in [0.1, 0.15) is 16.8 Å². The Morgan fingerprint density at radius 3 is 2.67 bits per heavy atom. The Morgan fingerprint density at radius 1 is 1.24 bits per heavy atom. The SMILES string of the molecule is Cc1c(Cl)nc(C2CC2)nc1Nc1cccc(N(C)C)c1. The number of nitrogens with zero attached hydrogens (tertiary/aromatic N) is 3. The molecule has 0 bridgehead atoms. The largest absolute Gasteiger partial charge is 0.378 e. The van der Waals surface area contributed by atoms with E-state index in [1.54, 1.807) is 0 Å². The minimum absolute atomic E-state index is 0.483. The van der Waals surface area contributed by atoms with E-state index in [4.69, 9.17) is 11.6 Å². The maximum Gasteiger partial charge on any atom is 0.138 e. The Morgan fingerprint density at radius 2 is 2.00 bits per heavy atom. The van der Waals surface area contributed by atoms with Gasteiger partial charge in [0.05, 0.1) is 0 Å². The van der Waals surface area contributed by atoms with Gasteiger partial charge in [-0.3, -0.25) is 0 Å². The smallest absolute Gasteiger partial charge is 0.138 e. The fourth-order valence-electron chi connectivity index (χ4n) is 2.15. The van der Waals surface area contributed by atoms with E-state index in [9.17, 15) is 0 Å². The highest BCUT2D eigenvalue weighted by molar-refractivity contribution is 6.30. The van der Waals surface area contributed by atoms with Crippen LogP contribution in [-0.4, -0.2) is 24.1 Å². The summed E-state index contributed by atoms with van der Waals surface area (Å²) in [4.78, 5) is 11.1. The first kappa shape index (κ1) is 14.1. The zero-order valence-electron chi connectivity index (χ0n) is 12.5. The summed E-state index contributed by atoms with van der Waals surface area (Å²) < 4.78 is 0. The standard InChI is InChI=1S/C16H19ClN4/c1-10-14(17)19-16(11-7-8-11)20-15(10)18-12-5-4-6-13(9-12)21(2)3/h4-6,9,11H,7-8H2,1-3H3,(H,18,19,20). The van der Waals surface area contributed by atoms with E-state index in [0.29, 0.717) is 11.1 Å². The molecule has 4 nitrogen and oxygen atoms in total. The highest BCUT2D eigenvalue weighted by atomic mass is 35.5. The Balaban J connectivity index is 1.92. The van der Waals surface area contributed by atoms with Gasteiger partial charge in [0.25, 0.3) is 0 Å². The molecule has 1 aromatic heterocycles. The molecule has 1 fully saturated rings. The number of hydrogen-bond donors (Lipinski definition) is 1. The summed E-state index contributed by atoms with van der Waals surface area (Å²) in [5.74, 6) is 2.14. The van der Waals surface area contributed by atoms with E-state index in [0.717, 1.165) is 41.4 Å². The van der Waals surface area contributed by atoms with E-state index < -0.39 is 0 Å². The molecule has 3 rings (SSSR count). The molecule has 110 valence electrons. The van der Waals surface area contributed by atoms with Crippen molar-refractivity contribution in [2.24, 2.45) is 0 Å². The number of anilines is 3. The van der Waals surface area contributed by atoms with Crippen molar-refractivity contribution in [1.82, 2.24) is 9.97 Å². The normalized spacial score (nSPS) is 14.1. The van der Waals surface area contributed by atoms with Crippen LogP contribution in [0.2, 0.25) is 5.15 Å². The van der Waals surface area contributed by atoms with Gasteiger partial charge in [-0.15, -0.1) is 0 Å². The van der Waals surface area contributed by atoms with Gasteiger partial charge in [-0.25, -0.2) is 9.97 Å². The molecule has 0 unspecified atom stereocenters. The van der Waals surface area contributed by atoms with Crippen molar-refractivity contribution < 1.29 is 0 Å². The van der Waals surface area contributed by atoms with E-state index in [1.165, 1.54) is 0 Å². The van der Waals surface area contributed by atoms with Crippen LogP contribution in [-0.2, 0) is 0 Å². The third-order valence-corrected chi connectivity index (χ3v) is 4.04. The van der Waals surface area contributed by atoms with Gasteiger partial charge in [-0.1, -0.05) is 17.7 Å². The van der Waals surface area contributed by atoms with Crippen molar-refractivity contribution in [3.8, 4) is 0 Å². The molecule has 1 saturated carbocycles. The maximum atomic E-state index is 6.24. The summed E-state index contributed by atoms with van der Waals surface area (Å²) in [6, 6.07) is 8.21. The fourth-order valence-corrected chi connectivity index (χ4v) is 2.33. The lowest BCUT2D eigenvalue weighted by molar-refractivity contribution is 0.922. The first-order valence-corrected chi connectivity index (χ1v) is 7.51. The van der Waals surface area contributed by atoms with Gasteiger partial charge in [-0.05, 0) is 38.0 Å². The molecule has 0 amide bonds. The van der Waals surface area contributed by atoms with Gasteiger partial charge in [-0.2, -0.15) is 0 Å². The summed E-state index contributed by atoms with van der Waals surface area (Å²) >= 11 is 6.24. The molecule has 2 aromatic rings. The lowest BCUT2D eigenvalue weighted by Gasteiger charge is -2.15. The van der Waals surface area contributed by atoms with Crippen LogP contribution in [0.4, 0.5) is 17.2 Å². The van der Waals surface area contributed by atoms with Gasteiger partial charge >= 0.3 is 0 Å². The highest BCUT2D eigenvalue weighted by Crippen LogP contribution is 2.39. The van der Waals surface area contributed by atoms with Crippen LogP contribution in [0.3, 0.4) is 0 Å². The molecule has 0 saturated heterocycles. The summed E-state index contributed by atoms with van der Waals surface area (Å²) in [5, 5.41) is 3.91. The molecule has 1 aliphatic rings. The average molecular weight is 303 g/mol. The zero-order valence-corrected chi connectivity index (χ0v) is 13.3. The number of rotatable bonds is 4. The fraction of sp³-hybridized carbons (Fsp3) is 0.375. The lowest BCUT2D eigenvalue weighted by Crippen LogP contribution is -2.09. The predicted octanol–water partition coefficient (Wildman–Crippen LogP) is 4.13. The molecular weight excluding hydrogens is 284 g/mol. The number of benzene rings is 1. The van der Waals surface area contributed by atoms with E-state index >= 15 is 0 Å². The van der Waals surface area contributed by atoms with Crippen molar-refractivity contribution in [3.63, 3.8) is 0 Å². The second-order valence-corrected chi connectivity index (χ2v) is 6.05. The predicted molar refractivity (Wildman–Crippen MR) is 87.8 cm³/mol. The van der Waals surface area contributed by atoms with Crippen molar-refractivity contribution >= 4 is 28.8 Å². The van der Waals surface area contributed by atoms with Crippen LogP contribution in [0.25, 0.3) is 0 Å². The maximum absolute atomic E-state index is 6.24. The van der Waals surface area contributed by atoms with E-state index in [1.807, 2.05) is 33.2 Å². The van der Waals surface area contributed by atoms with Gasteiger partial charge in [0.2, 0.25) is 0 Å². The topological polar surface area (TPSA) is 41.1 Å². The Kier molecular flexibility index (Phi) is 3.72. The molecule has 1 aliphatic carbocycles. The van der Waals surface area contributed by atoms with Gasteiger partial charge in [0, 0.05) is 37.0 Å². The molecular formula is C16H19ClN4. The molecule has 0 radical (unpaired) electrons. The average Bonchev–Trinajstić information content (AvgIpc) is 3.28. The Hall–Kier alpha value is -1.81. The van der Waals surface area contributed by atoms with Gasteiger partial charge < -0.3 is 10.2 Å². The quantitative estimate of drug-likeness (QED) is 0.862. The van der Waals surface area contributed by atoms with Crippen molar-refractivity contribution in [3.05, 3.63) is 40.8 Å². The molecule has 0 spiro atoms. The molecule has 21 heavy (non-hydrogen) atoms. The number of nitrogens with one attached hydrogen (secondary N) is 1. The first-order valence-electron chi connectivity index (χ1n) is 7.13. The van der Waals surface area contributed by atoms with Crippen molar-refractivity contribution in [2.45, 2.75) is 25.7 Å². The van der Waals surface area contributed by atoms with E-state index in [-0.39, 0.29) is 0 Å². The minimum Gasteiger partial charge on any atom is -0.378 e. The molecule has 1 N–H and O–H groups in total. The minimum atomic E-state index is 0.483. The third-order valence-electron chi connectivity index (χ3n) is 3.67. The monoisotopic (exact) mass is 302 g/mol. The van der Waals surface area contributed by atoms with Crippen LogP contribution in [0.1, 0.15) is 30.1 Å². The Bertz CT molecular complexity index is 665. The zero-order chi connectivity index (χ0) is 15.0. The number of aromatic nitrogens is 2. The van der Waals surface area contributed by atoms with Crippen molar-refractivity contribution in [1.29, 1.82) is 0 Å². The number of hydrogen-bond acceptors (Lipinski definition) is 4. The third kappa shape index (κ3) is 3.10. The van der Waals surface area contributed by atoms with Crippen molar-refractivity contribution in [2.75, 3.05) is 24.3 Å². The summed E-state index contributed by atoms with van der Waals surface area (Å²) in [6.45, 7) is 1.94. The van der Waals surface area contributed by atoms with Crippen LogP contribution in [0.5, 0.6) is 0 Å². The summed E-state index contributed by atoms with van der Waals surface area (Å²) in [6.07, 6.45) is 2.32. The Labute approximate surface area is 130 Å². The first-order chi connectivity index (χ1) is 10.0. The van der Waals surface area contributed by atoms with E-state index in [2.05, 4.69) is 32.3 Å². The van der Waals surface area contributed by atoms with Crippen LogP contribution >= 0.6 is 11.6 Å². The highest BCUT2D eigenvalue weighted by Gasteiger charge is 2.28. The second kappa shape index (κ2) is 5.53. The van der Waals surface area contributed by atoms with Crippen LogP contribution < -0.4 is 10.2 Å². The van der Waals surface area contributed by atoms with Gasteiger partial charge in [0.15, 0.2) is 0 Å². The molecule has 0 atom stereocenters. The number of halogens is 1. The lowest BCUT2D eigenvalue weighted by atomic mass is 10.2. The molecule has 0 aliphatic heterocycles. The molecule has 1 aromatic carbocycles. The second-order valence-electron chi connectivity index (χ2n) is 5.69. The summed E-state index contributed by atoms with van der Waals surface area (Å²) in [5.41, 5.74) is 3.03. The van der Waals surface area contributed by atoms with Crippen LogP contribution in [0.15, 0.2) is 24.3 Å². The molecule has 5 heteroatoms. The van der Waals surface area contributed by atoms with Crippen LogP contribution in [0, 0.1) is 6.92 Å². The summed E-state index contributed by atoms with van der Waals surface area (Å²) in [7, 11) is 4.05.